The lowest BCUT2D eigenvalue weighted by Gasteiger charge is -2.46. The second-order valence-corrected chi connectivity index (χ2v) is 24.7. The fourth-order valence-corrected chi connectivity index (χ4v) is 11.1. The van der Waals surface area contributed by atoms with E-state index in [-0.39, 0.29) is 33.8 Å². The highest BCUT2D eigenvalue weighted by Gasteiger charge is 2.46. The van der Waals surface area contributed by atoms with Crippen molar-refractivity contribution in [3.8, 4) is 22.3 Å². The van der Waals surface area contributed by atoms with Gasteiger partial charge in [0.2, 0.25) is 0 Å². The Labute approximate surface area is 397 Å². The van der Waals surface area contributed by atoms with Crippen LogP contribution in [0.5, 0.6) is 0 Å². The van der Waals surface area contributed by atoms with E-state index in [1.807, 2.05) is 0 Å². The molecule has 10 rings (SSSR count). The molecule has 3 heteroatoms. The van der Waals surface area contributed by atoms with Gasteiger partial charge in [-0.3, -0.25) is 0 Å². The van der Waals surface area contributed by atoms with Crippen molar-refractivity contribution in [3.63, 3.8) is 0 Å². The summed E-state index contributed by atoms with van der Waals surface area (Å²) >= 11 is 0. The average molecular weight is 865 g/mol. The minimum absolute atomic E-state index is 0.00728. The Hall–Kier alpha value is -5.80. The first kappa shape index (κ1) is 44.1. The van der Waals surface area contributed by atoms with Crippen LogP contribution in [0.3, 0.4) is 0 Å². The molecule has 0 N–H and O–H groups in total. The van der Waals surface area contributed by atoms with Gasteiger partial charge in [0.15, 0.2) is 0 Å². The van der Waals surface area contributed by atoms with Gasteiger partial charge in [-0.2, -0.15) is 0 Å². The summed E-state index contributed by atoms with van der Waals surface area (Å²) in [6.45, 7) is 33.2. The van der Waals surface area contributed by atoms with Crippen molar-refractivity contribution in [2.45, 2.75) is 131 Å². The van der Waals surface area contributed by atoms with Crippen LogP contribution in [0, 0.1) is 5.41 Å². The van der Waals surface area contributed by atoms with Crippen LogP contribution in [0.15, 0.2) is 140 Å². The number of anilines is 6. The van der Waals surface area contributed by atoms with Crippen LogP contribution in [0.4, 0.5) is 34.1 Å². The SMILES string of the molecule is CC1(C)Cc2cc3c(cc2C1)N(c1ccc(C(C)(C)C)cc1-c1ccccc1-c1ccccc1)c1cc(C(C)(C)C)cc2c1B3c1ccc(C(C)(C)C)cc1N2c1cccc(C(C)(C)C)c1. The molecule has 7 aromatic rings. The summed E-state index contributed by atoms with van der Waals surface area (Å²) in [7, 11) is 0. The van der Waals surface area contributed by atoms with Crippen molar-refractivity contribution < 1.29 is 0 Å². The molecule has 1 aliphatic carbocycles. The summed E-state index contributed by atoms with van der Waals surface area (Å²) in [5, 5.41) is 0. The molecule has 0 saturated heterocycles. The van der Waals surface area contributed by atoms with E-state index >= 15 is 0 Å². The molecule has 0 spiro atoms. The van der Waals surface area contributed by atoms with Crippen molar-refractivity contribution in [2.24, 2.45) is 5.41 Å². The van der Waals surface area contributed by atoms with E-state index in [9.17, 15) is 0 Å². The first-order valence-electron chi connectivity index (χ1n) is 24.5. The van der Waals surface area contributed by atoms with Gasteiger partial charge in [-0.25, -0.2) is 0 Å². The first-order chi connectivity index (χ1) is 31.0. The minimum atomic E-state index is -0.125. The fraction of sp³-hybridized carbons (Fsp3) is 0.333. The molecule has 2 heterocycles. The van der Waals surface area contributed by atoms with Crippen LogP contribution in [0.25, 0.3) is 22.3 Å². The molecular weight excluding hydrogens is 796 g/mol. The number of hydrogen-bond acceptors (Lipinski definition) is 2. The molecule has 0 unspecified atom stereocenters. The van der Waals surface area contributed by atoms with E-state index in [2.05, 4.69) is 246 Å². The largest absolute Gasteiger partial charge is 0.311 e. The van der Waals surface area contributed by atoms with Crippen molar-refractivity contribution in [3.05, 3.63) is 173 Å². The Morgan fingerprint density at radius 3 is 1.58 bits per heavy atom. The summed E-state index contributed by atoms with van der Waals surface area (Å²) < 4.78 is 0. The Morgan fingerprint density at radius 1 is 0.394 bits per heavy atom. The highest BCUT2D eigenvalue weighted by molar-refractivity contribution is 7.00. The summed E-state index contributed by atoms with van der Waals surface area (Å²) in [6.07, 6.45) is 2.16. The lowest BCUT2D eigenvalue weighted by molar-refractivity contribution is 0.392. The van der Waals surface area contributed by atoms with Crippen molar-refractivity contribution in [2.75, 3.05) is 9.80 Å². The van der Waals surface area contributed by atoms with Gasteiger partial charge in [-0.15, -0.1) is 0 Å². The Bertz CT molecular complexity index is 3050. The van der Waals surface area contributed by atoms with E-state index in [4.69, 9.17) is 0 Å². The monoisotopic (exact) mass is 865 g/mol. The molecule has 0 amide bonds. The number of fused-ring (bicyclic) bond motifs is 5. The Balaban J connectivity index is 1.35. The maximum absolute atomic E-state index is 2.70. The van der Waals surface area contributed by atoms with Gasteiger partial charge in [-0.05, 0) is 155 Å². The molecular formula is C63H69BN2. The van der Waals surface area contributed by atoms with E-state index in [1.165, 1.54) is 106 Å². The molecule has 334 valence electrons. The topological polar surface area (TPSA) is 6.48 Å². The lowest BCUT2D eigenvalue weighted by Crippen LogP contribution is -2.61. The number of nitrogens with zero attached hydrogens (tertiary/aromatic N) is 2. The normalized spacial score (nSPS) is 15.3. The zero-order valence-corrected chi connectivity index (χ0v) is 42.2. The molecule has 7 aromatic carbocycles. The Kier molecular flexibility index (Phi) is 10.1. The summed E-state index contributed by atoms with van der Waals surface area (Å²) in [4.78, 5) is 5.34. The van der Waals surface area contributed by atoms with Gasteiger partial charge in [0, 0.05) is 34.0 Å². The zero-order valence-electron chi connectivity index (χ0n) is 42.2. The Morgan fingerprint density at radius 2 is 0.924 bits per heavy atom. The highest BCUT2D eigenvalue weighted by Crippen LogP contribution is 2.51. The third-order valence-electron chi connectivity index (χ3n) is 14.8. The quantitative estimate of drug-likeness (QED) is 0.163. The maximum atomic E-state index is 2.70. The van der Waals surface area contributed by atoms with Crippen LogP contribution >= 0.6 is 0 Å². The average Bonchev–Trinajstić information content (AvgIpc) is 3.56. The van der Waals surface area contributed by atoms with Gasteiger partial charge >= 0.3 is 0 Å². The van der Waals surface area contributed by atoms with Gasteiger partial charge in [0.25, 0.3) is 6.71 Å². The second kappa shape index (κ2) is 15.1. The molecule has 0 fully saturated rings. The van der Waals surface area contributed by atoms with Crippen LogP contribution in [-0.2, 0) is 34.5 Å². The van der Waals surface area contributed by atoms with Crippen molar-refractivity contribution >= 4 is 57.2 Å². The standard InChI is InChI=1S/C63H69BN2/c1-59(2,3)43-23-20-24-47(33-43)65-55-35-45(61(7,8)9)27-29-51(55)64-52-31-41-38-63(13,14)39-42(41)32-54(52)66(57-37-46(62(10,11)12)36-56(65)58(57)64)53-30-28-44(60(4,5)6)34-50(53)49-26-19-18-25-48(49)40-21-16-15-17-22-40/h15-37H,38-39H2,1-14H3. The predicted octanol–water partition coefficient (Wildman–Crippen LogP) is 15.4. The summed E-state index contributed by atoms with van der Waals surface area (Å²) in [5.74, 6) is 0. The molecule has 2 nitrogen and oxygen atoms in total. The predicted molar refractivity (Wildman–Crippen MR) is 287 cm³/mol. The molecule has 3 aliphatic rings. The minimum Gasteiger partial charge on any atom is -0.311 e. The van der Waals surface area contributed by atoms with Crippen molar-refractivity contribution in [1.82, 2.24) is 0 Å². The van der Waals surface area contributed by atoms with Gasteiger partial charge in [0.1, 0.15) is 0 Å². The van der Waals surface area contributed by atoms with Crippen LogP contribution in [-0.4, -0.2) is 6.71 Å². The summed E-state index contributed by atoms with van der Waals surface area (Å²) in [5.41, 5.74) is 25.0. The van der Waals surface area contributed by atoms with Crippen LogP contribution in [0.2, 0.25) is 0 Å². The smallest absolute Gasteiger partial charge is 0.252 e. The summed E-state index contributed by atoms with van der Waals surface area (Å²) in [6, 6.07) is 54.6. The van der Waals surface area contributed by atoms with Crippen LogP contribution < -0.4 is 26.2 Å². The molecule has 0 atom stereocenters. The number of benzene rings is 7. The van der Waals surface area contributed by atoms with Crippen LogP contribution in [0.1, 0.15) is 130 Å². The molecule has 0 aromatic heterocycles. The molecule has 0 radical (unpaired) electrons. The maximum Gasteiger partial charge on any atom is 0.252 e. The van der Waals surface area contributed by atoms with Gasteiger partial charge in [0.05, 0.1) is 5.69 Å². The second-order valence-electron chi connectivity index (χ2n) is 24.7. The molecule has 0 bridgehead atoms. The molecule has 0 saturated carbocycles. The van der Waals surface area contributed by atoms with Crippen molar-refractivity contribution in [1.29, 1.82) is 0 Å². The van der Waals surface area contributed by atoms with Gasteiger partial charge in [-0.1, -0.05) is 188 Å². The van der Waals surface area contributed by atoms with E-state index in [1.54, 1.807) is 0 Å². The zero-order chi connectivity index (χ0) is 46.9. The number of rotatable bonds is 4. The van der Waals surface area contributed by atoms with E-state index in [0.717, 1.165) is 12.8 Å². The van der Waals surface area contributed by atoms with E-state index in [0.29, 0.717) is 0 Å². The highest BCUT2D eigenvalue weighted by atomic mass is 15.2. The lowest BCUT2D eigenvalue weighted by atomic mass is 9.33. The fourth-order valence-electron chi connectivity index (χ4n) is 11.1. The van der Waals surface area contributed by atoms with Gasteiger partial charge < -0.3 is 9.80 Å². The molecule has 2 aliphatic heterocycles. The molecule has 66 heavy (non-hydrogen) atoms. The van der Waals surface area contributed by atoms with E-state index < -0.39 is 0 Å². The number of hydrogen-bond donors (Lipinski definition) is 0. The first-order valence-corrected chi connectivity index (χ1v) is 24.5. The third-order valence-corrected chi connectivity index (χ3v) is 14.8. The third kappa shape index (κ3) is 7.51.